The lowest BCUT2D eigenvalue weighted by molar-refractivity contribution is 0.0602. The van der Waals surface area contributed by atoms with Crippen LogP contribution in [-0.2, 0) is 16.1 Å². The summed E-state index contributed by atoms with van der Waals surface area (Å²) in [7, 11) is 1.65. The first-order chi connectivity index (χ1) is 17.4. The Morgan fingerprint density at radius 1 is 1.25 bits per heavy atom. The van der Waals surface area contributed by atoms with Gasteiger partial charge in [-0.05, 0) is 54.8 Å². The number of hydrazine groups is 1. The van der Waals surface area contributed by atoms with Crippen LogP contribution >= 0.6 is 23.2 Å². The molecule has 0 bridgehead atoms. The number of aromatic nitrogens is 2. The lowest BCUT2D eigenvalue weighted by Crippen LogP contribution is -2.47. The predicted octanol–water partition coefficient (Wildman–Crippen LogP) is 5.14. The van der Waals surface area contributed by atoms with Crippen LogP contribution in [0.25, 0.3) is 17.3 Å². The molecule has 0 unspecified atom stereocenters. The van der Waals surface area contributed by atoms with Crippen molar-refractivity contribution in [2.75, 3.05) is 26.9 Å². The number of carbonyl (C=O) groups is 1. The summed E-state index contributed by atoms with van der Waals surface area (Å²) >= 11 is 12.7. The number of nitrogens with one attached hydrogen (secondary N) is 1. The smallest absolute Gasteiger partial charge is 0.286 e. The molecule has 2 aromatic carbocycles. The largest absolute Gasteiger partial charge is 0.383 e. The van der Waals surface area contributed by atoms with Gasteiger partial charge in [-0.25, -0.2) is 14.1 Å². The van der Waals surface area contributed by atoms with E-state index >= 15 is 0 Å². The molecule has 1 atom stereocenters. The van der Waals surface area contributed by atoms with E-state index in [2.05, 4.69) is 5.43 Å². The fourth-order valence-corrected chi connectivity index (χ4v) is 5.15. The van der Waals surface area contributed by atoms with E-state index in [9.17, 15) is 9.18 Å². The number of hydrogen-bond donors (Lipinski definition) is 1. The van der Waals surface area contributed by atoms with Crippen molar-refractivity contribution in [2.24, 2.45) is 0 Å². The highest BCUT2D eigenvalue weighted by atomic mass is 35.5. The van der Waals surface area contributed by atoms with Crippen LogP contribution in [0.1, 0.15) is 40.2 Å². The fraction of sp³-hybridized carbons (Fsp3) is 0.308. The molecule has 1 saturated heterocycles. The van der Waals surface area contributed by atoms with Crippen molar-refractivity contribution in [1.82, 2.24) is 20.2 Å². The van der Waals surface area contributed by atoms with E-state index < -0.39 is 0 Å². The van der Waals surface area contributed by atoms with Crippen molar-refractivity contribution in [3.63, 3.8) is 0 Å². The Morgan fingerprint density at radius 3 is 2.81 bits per heavy atom. The molecule has 0 spiro atoms. The molecule has 0 saturated carbocycles. The number of hydrogen-bond acceptors (Lipinski definition) is 5. The third-order valence-electron chi connectivity index (χ3n) is 6.34. The van der Waals surface area contributed by atoms with Crippen molar-refractivity contribution >= 4 is 40.8 Å². The van der Waals surface area contributed by atoms with E-state index in [1.165, 1.54) is 12.1 Å². The Bertz CT molecular complexity index is 1310. The molecule has 1 N–H and O–H groups in total. The molecule has 1 aromatic heterocycles. The molecule has 3 aromatic rings. The molecule has 3 heterocycles. The van der Waals surface area contributed by atoms with Gasteiger partial charge in [0.2, 0.25) is 0 Å². The van der Waals surface area contributed by atoms with E-state index in [0.717, 1.165) is 36.2 Å². The highest BCUT2D eigenvalue weighted by Crippen LogP contribution is 2.35. The zero-order chi connectivity index (χ0) is 25.2. The minimum atomic E-state index is -0.329. The van der Waals surface area contributed by atoms with Gasteiger partial charge >= 0.3 is 0 Å². The zero-order valence-corrected chi connectivity index (χ0v) is 21.2. The summed E-state index contributed by atoms with van der Waals surface area (Å²) in [6, 6.07) is 11.4. The molecular formula is C26H25Cl2FN4O3. The highest BCUT2D eigenvalue weighted by molar-refractivity contribution is 6.35. The predicted molar refractivity (Wildman–Crippen MR) is 137 cm³/mol. The average molecular weight is 531 g/mol. The molecule has 1 fully saturated rings. The summed E-state index contributed by atoms with van der Waals surface area (Å²) in [5, 5.41) is 7.51. The van der Waals surface area contributed by atoms with Crippen LogP contribution in [0.15, 0.2) is 42.5 Å². The van der Waals surface area contributed by atoms with Crippen LogP contribution in [0.5, 0.6) is 0 Å². The molecule has 188 valence electrons. The second-order valence-electron chi connectivity index (χ2n) is 8.78. The van der Waals surface area contributed by atoms with Gasteiger partial charge in [0, 0.05) is 29.8 Å². The number of benzene rings is 2. The van der Waals surface area contributed by atoms with Gasteiger partial charge in [-0.15, -0.1) is 0 Å². The van der Waals surface area contributed by atoms with Gasteiger partial charge in [-0.1, -0.05) is 35.3 Å². The standard InChI is InChI=1S/C26H25Cl2FN4O3/c1-35-14-20-3-2-10-32(20)31-26(34)24-21-15-36-13-17(11-16-4-7-19(29)8-5-16)25(21)33(30-24)23-9-6-18(27)12-22(23)28/h4-9,11-12,20H,2-3,10,13-15H2,1H3,(H,31,34)/b17-11+/t20-/m1/s1. The van der Waals surface area contributed by atoms with Crippen LogP contribution in [0, 0.1) is 5.82 Å². The van der Waals surface area contributed by atoms with Crippen LogP contribution in [0.3, 0.4) is 0 Å². The van der Waals surface area contributed by atoms with Gasteiger partial charge < -0.3 is 9.47 Å². The third kappa shape index (κ3) is 5.05. The lowest BCUT2D eigenvalue weighted by atomic mass is 10.0. The molecular weight excluding hydrogens is 506 g/mol. The Kier molecular flexibility index (Phi) is 7.41. The second kappa shape index (κ2) is 10.7. The fourth-order valence-electron chi connectivity index (χ4n) is 4.66. The van der Waals surface area contributed by atoms with E-state index in [1.54, 1.807) is 42.1 Å². The number of nitrogens with zero attached hydrogens (tertiary/aromatic N) is 3. The molecule has 2 aliphatic rings. The minimum Gasteiger partial charge on any atom is -0.383 e. The number of amides is 1. The molecule has 0 radical (unpaired) electrons. The number of halogens is 3. The summed E-state index contributed by atoms with van der Waals surface area (Å²) < 4.78 is 26.3. The first-order valence-electron chi connectivity index (χ1n) is 11.6. The SMILES string of the molecule is COC[C@H]1CCCN1NC(=O)c1nn(-c2ccc(Cl)cc2Cl)c2c1COC/C2=C\c1ccc(F)cc1. The Labute approximate surface area is 218 Å². The van der Waals surface area contributed by atoms with Crippen molar-refractivity contribution in [2.45, 2.75) is 25.5 Å². The zero-order valence-electron chi connectivity index (χ0n) is 19.6. The Morgan fingerprint density at radius 2 is 2.06 bits per heavy atom. The van der Waals surface area contributed by atoms with Gasteiger partial charge in [0.05, 0.1) is 42.3 Å². The normalized spacial score (nSPS) is 19.0. The maximum Gasteiger partial charge on any atom is 0.286 e. The molecule has 36 heavy (non-hydrogen) atoms. The minimum absolute atomic E-state index is 0.104. The van der Waals surface area contributed by atoms with E-state index in [1.807, 2.05) is 11.1 Å². The monoisotopic (exact) mass is 530 g/mol. The van der Waals surface area contributed by atoms with Gasteiger partial charge in [0.25, 0.3) is 5.91 Å². The van der Waals surface area contributed by atoms with Crippen molar-refractivity contribution in [3.05, 3.63) is 80.8 Å². The van der Waals surface area contributed by atoms with Gasteiger partial charge in [-0.2, -0.15) is 5.10 Å². The quantitative estimate of drug-likeness (QED) is 0.477. The number of ether oxygens (including phenoxy) is 2. The number of fused-ring (bicyclic) bond motifs is 1. The maximum absolute atomic E-state index is 13.5. The first kappa shape index (κ1) is 24.9. The third-order valence-corrected chi connectivity index (χ3v) is 6.87. The summed E-state index contributed by atoms with van der Waals surface area (Å²) in [5.41, 5.74) is 6.80. The summed E-state index contributed by atoms with van der Waals surface area (Å²) in [5.74, 6) is -0.645. The van der Waals surface area contributed by atoms with Crippen LogP contribution in [0.2, 0.25) is 10.0 Å². The molecule has 5 rings (SSSR count). The Balaban J connectivity index is 1.59. The van der Waals surface area contributed by atoms with Gasteiger partial charge in [-0.3, -0.25) is 10.2 Å². The summed E-state index contributed by atoms with van der Waals surface area (Å²) in [6.07, 6.45) is 3.81. The van der Waals surface area contributed by atoms with E-state index in [0.29, 0.717) is 34.5 Å². The average Bonchev–Trinajstić information content (AvgIpc) is 3.46. The van der Waals surface area contributed by atoms with E-state index in [4.69, 9.17) is 37.8 Å². The molecule has 10 heteroatoms. The summed E-state index contributed by atoms with van der Waals surface area (Å²) in [6.45, 7) is 1.77. The van der Waals surface area contributed by atoms with Crippen molar-refractivity contribution in [1.29, 1.82) is 0 Å². The van der Waals surface area contributed by atoms with Crippen molar-refractivity contribution in [3.8, 4) is 5.69 Å². The number of rotatable bonds is 6. The lowest BCUT2D eigenvalue weighted by Gasteiger charge is -2.24. The molecule has 7 nitrogen and oxygen atoms in total. The summed E-state index contributed by atoms with van der Waals surface area (Å²) in [4.78, 5) is 13.5. The van der Waals surface area contributed by atoms with Crippen LogP contribution in [-0.4, -0.2) is 53.6 Å². The van der Waals surface area contributed by atoms with Crippen LogP contribution < -0.4 is 5.43 Å². The molecule has 0 aliphatic carbocycles. The highest BCUT2D eigenvalue weighted by Gasteiger charge is 2.32. The van der Waals surface area contributed by atoms with Gasteiger partial charge in [0.1, 0.15) is 5.82 Å². The first-order valence-corrected chi connectivity index (χ1v) is 12.4. The van der Waals surface area contributed by atoms with Crippen molar-refractivity contribution < 1.29 is 18.7 Å². The van der Waals surface area contributed by atoms with Gasteiger partial charge in [0.15, 0.2) is 5.69 Å². The second-order valence-corrected chi connectivity index (χ2v) is 9.63. The number of methoxy groups -OCH3 is 1. The molecule has 2 aliphatic heterocycles. The number of carbonyl (C=O) groups excluding carboxylic acids is 1. The topological polar surface area (TPSA) is 68.6 Å². The van der Waals surface area contributed by atoms with Crippen LogP contribution in [0.4, 0.5) is 4.39 Å². The maximum atomic E-state index is 13.5. The van der Waals surface area contributed by atoms with E-state index in [-0.39, 0.29) is 30.1 Å². The Hall–Kier alpha value is -2.75. The molecule has 1 amide bonds.